The van der Waals surface area contributed by atoms with E-state index < -0.39 is 33.2 Å². The summed E-state index contributed by atoms with van der Waals surface area (Å²) in [6, 6.07) is 2.94. The Bertz CT molecular complexity index is 706. The van der Waals surface area contributed by atoms with Crippen LogP contribution in [-0.4, -0.2) is 26.1 Å². The van der Waals surface area contributed by atoms with Crippen molar-refractivity contribution in [3.63, 3.8) is 0 Å². The minimum Gasteiger partial charge on any atom is -0.326 e. The standard InChI is InChI=1S/C13H18F3N3O3S.ClH/c1-12(2,19-23(3,21)22)11(20)18-10-5-8(7-17)4-9(6-10)13(14,15)16;/h4-6,19H,7,17H2,1-3H3,(H,18,20);1H. The topological polar surface area (TPSA) is 101 Å². The molecule has 0 aliphatic rings. The maximum absolute atomic E-state index is 12.8. The van der Waals surface area contributed by atoms with E-state index in [1.54, 1.807) is 0 Å². The highest BCUT2D eigenvalue weighted by molar-refractivity contribution is 7.88. The quantitative estimate of drug-likeness (QED) is 0.715. The van der Waals surface area contributed by atoms with Crippen LogP contribution in [0.25, 0.3) is 0 Å². The first-order valence-corrected chi connectivity index (χ1v) is 8.35. The second-order valence-corrected chi connectivity index (χ2v) is 7.32. The van der Waals surface area contributed by atoms with Crippen LogP contribution in [0.15, 0.2) is 18.2 Å². The van der Waals surface area contributed by atoms with Gasteiger partial charge < -0.3 is 11.1 Å². The Labute approximate surface area is 144 Å². The molecule has 1 amide bonds. The van der Waals surface area contributed by atoms with Crippen molar-refractivity contribution < 1.29 is 26.4 Å². The van der Waals surface area contributed by atoms with Gasteiger partial charge in [-0.1, -0.05) is 0 Å². The van der Waals surface area contributed by atoms with Gasteiger partial charge in [0, 0.05) is 12.2 Å². The number of amides is 1. The molecule has 0 spiro atoms. The zero-order valence-electron chi connectivity index (χ0n) is 13.2. The number of hydrogen-bond donors (Lipinski definition) is 3. The Morgan fingerprint density at radius 2 is 1.75 bits per heavy atom. The summed E-state index contributed by atoms with van der Waals surface area (Å²) < 4.78 is 63.1. The van der Waals surface area contributed by atoms with Crippen LogP contribution < -0.4 is 15.8 Å². The summed E-state index contributed by atoms with van der Waals surface area (Å²) in [5, 5.41) is 2.27. The zero-order valence-corrected chi connectivity index (χ0v) is 14.8. The summed E-state index contributed by atoms with van der Waals surface area (Å²) >= 11 is 0. The van der Waals surface area contributed by atoms with Gasteiger partial charge in [0.15, 0.2) is 0 Å². The summed E-state index contributed by atoms with van der Waals surface area (Å²) in [6.45, 7) is 2.44. The highest BCUT2D eigenvalue weighted by Crippen LogP contribution is 2.32. The number of anilines is 1. The van der Waals surface area contributed by atoms with E-state index in [-0.39, 0.29) is 30.2 Å². The molecule has 0 unspecified atom stereocenters. The molecule has 1 aromatic rings. The number of hydrogen-bond acceptors (Lipinski definition) is 4. The third-order valence-electron chi connectivity index (χ3n) is 2.82. The second kappa shape index (κ2) is 7.68. The third-order valence-corrected chi connectivity index (χ3v) is 3.70. The van der Waals surface area contributed by atoms with Crippen LogP contribution in [0.5, 0.6) is 0 Å². The normalized spacial score (nSPS) is 12.5. The van der Waals surface area contributed by atoms with Crippen molar-refractivity contribution in [1.29, 1.82) is 0 Å². The van der Waals surface area contributed by atoms with Crippen molar-refractivity contribution in [1.82, 2.24) is 4.72 Å². The molecule has 0 aromatic heterocycles. The summed E-state index contributed by atoms with van der Waals surface area (Å²) in [5.74, 6) is -0.801. The highest BCUT2D eigenvalue weighted by atomic mass is 35.5. The lowest BCUT2D eigenvalue weighted by Gasteiger charge is -2.24. The first-order valence-electron chi connectivity index (χ1n) is 6.46. The van der Waals surface area contributed by atoms with E-state index in [2.05, 4.69) is 10.0 Å². The van der Waals surface area contributed by atoms with Gasteiger partial charge in [0.05, 0.1) is 11.8 Å². The molecular weight excluding hydrogens is 371 g/mol. The van der Waals surface area contributed by atoms with E-state index in [4.69, 9.17) is 5.73 Å². The van der Waals surface area contributed by atoms with Crippen LogP contribution in [-0.2, 0) is 27.5 Å². The molecule has 1 rings (SSSR count). The Kier molecular flexibility index (Phi) is 7.25. The molecule has 4 N–H and O–H groups in total. The molecule has 0 heterocycles. The number of carbonyl (C=O) groups excluding carboxylic acids is 1. The van der Waals surface area contributed by atoms with E-state index in [1.165, 1.54) is 19.9 Å². The van der Waals surface area contributed by atoms with Crippen molar-refractivity contribution in [2.45, 2.75) is 32.1 Å². The molecule has 1 aromatic carbocycles. The first-order chi connectivity index (χ1) is 10.2. The minimum atomic E-state index is -4.59. The monoisotopic (exact) mass is 389 g/mol. The zero-order chi connectivity index (χ0) is 18.1. The van der Waals surface area contributed by atoms with Crippen LogP contribution in [0.1, 0.15) is 25.0 Å². The second-order valence-electron chi connectivity index (χ2n) is 5.57. The van der Waals surface area contributed by atoms with Crippen molar-refractivity contribution in [3.8, 4) is 0 Å². The van der Waals surface area contributed by atoms with Gasteiger partial charge in [-0.2, -0.15) is 13.2 Å². The molecule has 0 atom stereocenters. The Morgan fingerprint density at radius 3 is 2.17 bits per heavy atom. The smallest absolute Gasteiger partial charge is 0.326 e. The molecule has 0 aliphatic carbocycles. The summed E-state index contributed by atoms with van der Waals surface area (Å²) in [7, 11) is -3.67. The highest BCUT2D eigenvalue weighted by Gasteiger charge is 2.33. The lowest BCUT2D eigenvalue weighted by molar-refractivity contribution is -0.137. The summed E-state index contributed by atoms with van der Waals surface area (Å²) in [5.41, 5.74) is 2.94. The van der Waals surface area contributed by atoms with Crippen molar-refractivity contribution in [3.05, 3.63) is 29.3 Å². The van der Waals surface area contributed by atoms with Gasteiger partial charge in [0.2, 0.25) is 15.9 Å². The molecule has 0 saturated carbocycles. The molecule has 11 heteroatoms. The number of carbonyl (C=O) groups is 1. The predicted molar refractivity (Wildman–Crippen MR) is 87.3 cm³/mol. The largest absolute Gasteiger partial charge is 0.416 e. The Balaban J connectivity index is 0.00000529. The Hall–Kier alpha value is -1.36. The van der Waals surface area contributed by atoms with Gasteiger partial charge in [0.25, 0.3) is 0 Å². The number of sulfonamides is 1. The average molecular weight is 390 g/mol. The lowest BCUT2D eigenvalue weighted by atomic mass is 10.0. The fourth-order valence-corrected chi connectivity index (χ4v) is 2.86. The molecular formula is C13H19ClF3N3O3S. The maximum Gasteiger partial charge on any atom is 0.416 e. The molecule has 0 radical (unpaired) electrons. The van der Waals surface area contributed by atoms with E-state index in [9.17, 15) is 26.4 Å². The van der Waals surface area contributed by atoms with Crippen LogP contribution in [0.4, 0.5) is 18.9 Å². The number of nitrogens with two attached hydrogens (primary N) is 1. The van der Waals surface area contributed by atoms with Crippen molar-refractivity contribution in [2.75, 3.05) is 11.6 Å². The molecule has 0 saturated heterocycles. The predicted octanol–water partition coefficient (Wildman–Crippen LogP) is 1.85. The SMILES string of the molecule is CC(C)(NS(C)(=O)=O)C(=O)Nc1cc(CN)cc(C(F)(F)F)c1.Cl. The van der Waals surface area contributed by atoms with E-state index >= 15 is 0 Å². The maximum atomic E-state index is 12.8. The van der Waals surface area contributed by atoms with Crippen LogP contribution in [0, 0.1) is 0 Å². The number of benzene rings is 1. The number of nitrogens with one attached hydrogen (secondary N) is 2. The number of halogens is 4. The molecule has 24 heavy (non-hydrogen) atoms. The molecule has 6 nitrogen and oxygen atoms in total. The molecule has 0 bridgehead atoms. The number of rotatable bonds is 5. The molecule has 138 valence electrons. The van der Waals surface area contributed by atoms with E-state index in [0.717, 1.165) is 18.4 Å². The van der Waals surface area contributed by atoms with Crippen LogP contribution in [0.3, 0.4) is 0 Å². The van der Waals surface area contributed by atoms with E-state index in [1.807, 2.05) is 0 Å². The Morgan fingerprint density at radius 1 is 1.21 bits per heavy atom. The van der Waals surface area contributed by atoms with Gasteiger partial charge in [-0.25, -0.2) is 13.1 Å². The number of alkyl halides is 3. The average Bonchev–Trinajstić information content (AvgIpc) is 2.34. The lowest BCUT2D eigenvalue weighted by Crippen LogP contribution is -2.51. The third kappa shape index (κ3) is 6.63. The van der Waals surface area contributed by atoms with Crippen molar-refractivity contribution >= 4 is 34.0 Å². The van der Waals surface area contributed by atoms with Crippen molar-refractivity contribution in [2.24, 2.45) is 5.73 Å². The minimum absolute atomic E-state index is 0. The molecule has 0 aliphatic heterocycles. The van der Waals surface area contributed by atoms with Gasteiger partial charge in [0.1, 0.15) is 5.54 Å². The first kappa shape index (κ1) is 22.6. The van der Waals surface area contributed by atoms with E-state index in [0.29, 0.717) is 0 Å². The van der Waals surface area contributed by atoms with Gasteiger partial charge in [-0.3, -0.25) is 4.79 Å². The van der Waals surface area contributed by atoms with Gasteiger partial charge in [-0.15, -0.1) is 12.4 Å². The molecule has 0 fully saturated rings. The summed E-state index contributed by atoms with van der Waals surface area (Å²) in [4.78, 5) is 12.1. The fraction of sp³-hybridized carbons (Fsp3) is 0.462. The van der Waals surface area contributed by atoms with Crippen LogP contribution >= 0.6 is 12.4 Å². The summed E-state index contributed by atoms with van der Waals surface area (Å²) in [6.07, 6.45) is -3.72. The van der Waals surface area contributed by atoms with Crippen LogP contribution in [0.2, 0.25) is 0 Å². The van der Waals surface area contributed by atoms with Gasteiger partial charge >= 0.3 is 6.18 Å². The van der Waals surface area contributed by atoms with Gasteiger partial charge in [-0.05, 0) is 37.6 Å². The fourth-order valence-electron chi connectivity index (χ4n) is 1.84.